The van der Waals surface area contributed by atoms with Gasteiger partial charge in [-0.05, 0) is 0 Å². The molecule has 5 nitrogen and oxygen atoms in total. The molecule has 0 radical (unpaired) electrons. The average molecular weight is 164 g/mol. The van der Waals surface area contributed by atoms with Crippen LogP contribution >= 0.6 is 0 Å². The maximum Gasteiger partial charge on any atom is 0.157 e. The standard InChI is InChI=1S/C6H12O5/c7-2-4(9)6-3(8)1-5(10)11-6/h3-10H,1-2H2/t3-,4-,5+,6-/m1/s1. The molecule has 1 rings (SSSR count). The Hall–Kier alpha value is -0.200. The predicted octanol–water partition coefficient (Wildman–Crippen LogP) is -2.19. The van der Waals surface area contributed by atoms with Crippen molar-refractivity contribution in [2.75, 3.05) is 6.61 Å². The van der Waals surface area contributed by atoms with Crippen LogP contribution in [0.3, 0.4) is 0 Å². The van der Waals surface area contributed by atoms with Crippen LogP contribution in [0.2, 0.25) is 0 Å². The fraction of sp³-hybridized carbons (Fsp3) is 1.00. The minimum atomic E-state index is -1.12. The molecule has 0 amide bonds. The number of aliphatic hydroxyl groups is 4. The zero-order chi connectivity index (χ0) is 8.43. The van der Waals surface area contributed by atoms with Gasteiger partial charge in [0.1, 0.15) is 12.2 Å². The third kappa shape index (κ3) is 1.88. The Labute approximate surface area is 63.8 Å². The molecule has 0 spiro atoms. The highest BCUT2D eigenvalue weighted by atomic mass is 16.6. The second-order valence-corrected chi connectivity index (χ2v) is 2.61. The van der Waals surface area contributed by atoms with Gasteiger partial charge in [0.15, 0.2) is 6.29 Å². The van der Waals surface area contributed by atoms with Crippen LogP contribution in [0, 0.1) is 0 Å². The molecule has 1 aliphatic rings. The van der Waals surface area contributed by atoms with E-state index in [4.69, 9.17) is 25.2 Å². The van der Waals surface area contributed by atoms with E-state index in [2.05, 4.69) is 0 Å². The lowest BCUT2D eigenvalue weighted by atomic mass is 10.1. The van der Waals surface area contributed by atoms with E-state index in [1.807, 2.05) is 0 Å². The molecule has 66 valence electrons. The number of ether oxygens (including phenoxy) is 1. The van der Waals surface area contributed by atoms with Gasteiger partial charge < -0.3 is 25.2 Å². The fourth-order valence-corrected chi connectivity index (χ4v) is 1.12. The van der Waals surface area contributed by atoms with Crippen molar-refractivity contribution in [1.29, 1.82) is 0 Å². The Morgan fingerprint density at radius 3 is 2.45 bits per heavy atom. The van der Waals surface area contributed by atoms with Crippen molar-refractivity contribution < 1.29 is 25.2 Å². The minimum Gasteiger partial charge on any atom is -0.394 e. The first-order valence-electron chi connectivity index (χ1n) is 3.45. The summed E-state index contributed by atoms with van der Waals surface area (Å²) in [6, 6.07) is 0. The summed E-state index contributed by atoms with van der Waals surface area (Å²) in [6.45, 7) is -0.478. The Balaban J connectivity index is 2.45. The highest BCUT2D eigenvalue weighted by molar-refractivity contribution is 4.82. The van der Waals surface area contributed by atoms with E-state index in [0.717, 1.165) is 0 Å². The van der Waals surface area contributed by atoms with Gasteiger partial charge in [0.05, 0.1) is 12.7 Å². The Morgan fingerprint density at radius 2 is 2.09 bits per heavy atom. The van der Waals surface area contributed by atoms with Gasteiger partial charge in [0.25, 0.3) is 0 Å². The highest BCUT2D eigenvalue weighted by Gasteiger charge is 2.37. The van der Waals surface area contributed by atoms with Gasteiger partial charge in [-0.1, -0.05) is 0 Å². The molecule has 1 heterocycles. The normalized spacial score (nSPS) is 40.9. The van der Waals surface area contributed by atoms with Crippen LogP contribution in [0.1, 0.15) is 6.42 Å². The fourth-order valence-electron chi connectivity index (χ4n) is 1.12. The zero-order valence-corrected chi connectivity index (χ0v) is 5.92. The number of rotatable bonds is 2. The van der Waals surface area contributed by atoms with Gasteiger partial charge in [-0.3, -0.25) is 0 Å². The zero-order valence-electron chi connectivity index (χ0n) is 5.92. The van der Waals surface area contributed by atoms with Crippen molar-refractivity contribution in [3.8, 4) is 0 Å². The molecule has 0 saturated carbocycles. The van der Waals surface area contributed by atoms with E-state index in [1.54, 1.807) is 0 Å². The minimum absolute atomic E-state index is 0.0850. The van der Waals surface area contributed by atoms with Gasteiger partial charge in [0, 0.05) is 6.42 Å². The second kappa shape index (κ2) is 3.46. The van der Waals surface area contributed by atoms with E-state index in [9.17, 15) is 0 Å². The Bertz CT molecular complexity index is 124. The predicted molar refractivity (Wildman–Crippen MR) is 34.6 cm³/mol. The molecule has 1 fully saturated rings. The third-order valence-corrected chi connectivity index (χ3v) is 1.70. The Morgan fingerprint density at radius 1 is 1.45 bits per heavy atom. The van der Waals surface area contributed by atoms with Crippen LogP contribution in [0.4, 0.5) is 0 Å². The summed E-state index contributed by atoms with van der Waals surface area (Å²) in [7, 11) is 0. The van der Waals surface area contributed by atoms with Crippen molar-refractivity contribution in [1.82, 2.24) is 0 Å². The number of aliphatic hydroxyl groups excluding tert-OH is 4. The lowest BCUT2D eigenvalue weighted by Crippen LogP contribution is -2.36. The molecule has 5 heteroatoms. The van der Waals surface area contributed by atoms with Gasteiger partial charge in [-0.25, -0.2) is 0 Å². The molecule has 1 saturated heterocycles. The van der Waals surface area contributed by atoms with Crippen molar-refractivity contribution in [3.63, 3.8) is 0 Å². The summed E-state index contributed by atoms with van der Waals surface area (Å²) in [5.41, 5.74) is 0. The van der Waals surface area contributed by atoms with Crippen LogP contribution in [0.5, 0.6) is 0 Å². The van der Waals surface area contributed by atoms with Crippen molar-refractivity contribution >= 4 is 0 Å². The maximum absolute atomic E-state index is 9.10. The van der Waals surface area contributed by atoms with Crippen LogP contribution in [-0.2, 0) is 4.74 Å². The summed E-state index contributed by atoms with van der Waals surface area (Å²) in [6.07, 6.45) is -3.83. The van der Waals surface area contributed by atoms with Gasteiger partial charge >= 0.3 is 0 Å². The van der Waals surface area contributed by atoms with Crippen LogP contribution in [0.25, 0.3) is 0 Å². The molecular weight excluding hydrogens is 152 g/mol. The SMILES string of the molecule is OC[C@@H](O)[C@@H]1O[C@H](O)C[C@H]1O. The molecule has 0 aliphatic carbocycles. The lowest BCUT2D eigenvalue weighted by molar-refractivity contribution is -0.136. The van der Waals surface area contributed by atoms with E-state index in [0.29, 0.717) is 0 Å². The maximum atomic E-state index is 9.10. The summed E-state index contributed by atoms with van der Waals surface area (Å²) < 4.78 is 4.72. The first kappa shape index (κ1) is 8.89. The average Bonchev–Trinajstić information content (AvgIpc) is 2.28. The molecule has 0 aromatic heterocycles. The van der Waals surface area contributed by atoms with Gasteiger partial charge in [-0.2, -0.15) is 0 Å². The summed E-state index contributed by atoms with van der Waals surface area (Å²) in [5.74, 6) is 0. The molecule has 0 aromatic carbocycles. The first-order valence-corrected chi connectivity index (χ1v) is 3.45. The van der Waals surface area contributed by atoms with Crippen LogP contribution in [0.15, 0.2) is 0 Å². The molecule has 4 atom stereocenters. The van der Waals surface area contributed by atoms with Crippen LogP contribution in [-0.4, -0.2) is 51.6 Å². The summed E-state index contributed by atoms with van der Waals surface area (Å²) in [4.78, 5) is 0. The quantitative estimate of drug-likeness (QED) is 0.372. The third-order valence-electron chi connectivity index (χ3n) is 1.70. The largest absolute Gasteiger partial charge is 0.394 e. The number of hydrogen-bond acceptors (Lipinski definition) is 5. The highest BCUT2D eigenvalue weighted by Crippen LogP contribution is 2.20. The summed E-state index contributed by atoms with van der Waals surface area (Å²) in [5, 5.41) is 35.4. The van der Waals surface area contributed by atoms with E-state index < -0.39 is 31.2 Å². The second-order valence-electron chi connectivity index (χ2n) is 2.61. The number of hydrogen-bond donors (Lipinski definition) is 4. The lowest BCUT2D eigenvalue weighted by Gasteiger charge is -2.17. The molecular formula is C6H12O5. The molecule has 0 aromatic rings. The van der Waals surface area contributed by atoms with E-state index in [1.165, 1.54) is 0 Å². The summed E-state index contributed by atoms with van der Waals surface area (Å²) >= 11 is 0. The topological polar surface area (TPSA) is 90.2 Å². The van der Waals surface area contributed by atoms with Crippen molar-refractivity contribution in [3.05, 3.63) is 0 Å². The monoisotopic (exact) mass is 164 g/mol. The van der Waals surface area contributed by atoms with Crippen LogP contribution < -0.4 is 0 Å². The smallest absolute Gasteiger partial charge is 0.157 e. The van der Waals surface area contributed by atoms with E-state index in [-0.39, 0.29) is 6.42 Å². The first-order chi connectivity index (χ1) is 5.15. The van der Waals surface area contributed by atoms with Crippen molar-refractivity contribution in [2.24, 2.45) is 0 Å². The molecule has 11 heavy (non-hydrogen) atoms. The van der Waals surface area contributed by atoms with Gasteiger partial charge in [0.2, 0.25) is 0 Å². The molecule has 0 unspecified atom stereocenters. The van der Waals surface area contributed by atoms with Gasteiger partial charge in [-0.15, -0.1) is 0 Å². The Kier molecular flexibility index (Phi) is 2.80. The van der Waals surface area contributed by atoms with Crippen molar-refractivity contribution in [2.45, 2.75) is 31.0 Å². The van der Waals surface area contributed by atoms with E-state index >= 15 is 0 Å². The molecule has 0 bridgehead atoms. The molecule has 4 N–H and O–H groups in total. The molecule has 1 aliphatic heterocycles.